The van der Waals surface area contributed by atoms with E-state index in [-0.39, 0.29) is 11.7 Å². The number of carbonyl (C=O) groups excluding carboxylic acids is 1. The number of hydrogen-bond donors (Lipinski definition) is 1. The molecule has 0 atom stereocenters. The highest BCUT2D eigenvalue weighted by atomic mass is 19.1. The molecule has 1 aliphatic heterocycles. The summed E-state index contributed by atoms with van der Waals surface area (Å²) in [4.78, 5) is 22.7. The Balaban J connectivity index is 1.50. The van der Waals surface area contributed by atoms with E-state index < -0.39 is 0 Å². The molecule has 1 aliphatic rings. The van der Waals surface area contributed by atoms with Gasteiger partial charge < -0.3 is 10.2 Å². The number of hydrogen-bond acceptors (Lipinski definition) is 4. The standard InChI is InChI=1S/C17H19FN4O/c18-14-5-3-13(4-6-14)7-8-19-17(23)15-11-21-16(12-20-15)22-9-1-2-10-22/h3-6,11-12H,1-2,7-10H2,(H,19,23). The van der Waals surface area contributed by atoms with Crippen LogP contribution in [0.5, 0.6) is 0 Å². The average molecular weight is 314 g/mol. The van der Waals surface area contributed by atoms with E-state index in [4.69, 9.17) is 0 Å². The normalized spacial score (nSPS) is 14.0. The summed E-state index contributed by atoms with van der Waals surface area (Å²) in [5.74, 6) is 0.323. The first-order valence-corrected chi connectivity index (χ1v) is 7.82. The Labute approximate surface area is 134 Å². The molecule has 2 aromatic rings. The fourth-order valence-corrected chi connectivity index (χ4v) is 2.61. The van der Waals surface area contributed by atoms with E-state index in [0.29, 0.717) is 18.7 Å². The number of amides is 1. The Hall–Kier alpha value is -2.50. The minimum atomic E-state index is -0.258. The smallest absolute Gasteiger partial charge is 0.271 e. The maximum absolute atomic E-state index is 12.8. The molecule has 0 bridgehead atoms. The lowest BCUT2D eigenvalue weighted by Gasteiger charge is -2.15. The summed E-state index contributed by atoms with van der Waals surface area (Å²) in [5.41, 5.74) is 1.29. The van der Waals surface area contributed by atoms with Crippen LogP contribution in [0.1, 0.15) is 28.9 Å². The number of anilines is 1. The van der Waals surface area contributed by atoms with Crippen molar-refractivity contribution in [3.8, 4) is 0 Å². The zero-order chi connectivity index (χ0) is 16.1. The SMILES string of the molecule is O=C(NCCc1ccc(F)cc1)c1cnc(N2CCCC2)cn1. The summed E-state index contributed by atoms with van der Waals surface area (Å²) in [5, 5.41) is 2.80. The predicted octanol–water partition coefficient (Wildman–Crippen LogP) is 2.19. The molecule has 1 aromatic heterocycles. The van der Waals surface area contributed by atoms with Gasteiger partial charge in [-0.3, -0.25) is 4.79 Å². The van der Waals surface area contributed by atoms with Gasteiger partial charge in [0.2, 0.25) is 0 Å². The molecular formula is C17H19FN4O. The molecule has 2 heterocycles. The van der Waals surface area contributed by atoms with E-state index in [1.54, 1.807) is 18.3 Å². The van der Waals surface area contributed by atoms with Gasteiger partial charge in [0.15, 0.2) is 0 Å². The first-order chi connectivity index (χ1) is 11.2. The highest BCUT2D eigenvalue weighted by molar-refractivity contribution is 5.92. The second kappa shape index (κ2) is 7.17. The van der Waals surface area contributed by atoms with Crippen molar-refractivity contribution in [3.63, 3.8) is 0 Å². The van der Waals surface area contributed by atoms with Crippen molar-refractivity contribution in [1.82, 2.24) is 15.3 Å². The van der Waals surface area contributed by atoms with Crippen LogP contribution >= 0.6 is 0 Å². The molecule has 0 aliphatic carbocycles. The van der Waals surface area contributed by atoms with Crippen LogP contribution in [0.3, 0.4) is 0 Å². The summed E-state index contributed by atoms with van der Waals surface area (Å²) < 4.78 is 12.8. The summed E-state index contributed by atoms with van der Waals surface area (Å²) in [6.07, 6.45) is 6.16. The number of nitrogens with one attached hydrogen (secondary N) is 1. The molecule has 120 valence electrons. The third-order valence-corrected chi connectivity index (χ3v) is 3.91. The summed E-state index contributed by atoms with van der Waals surface area (Å²) >= 11 is 0. The van der Waals surface area contributed by atoms with Crippen molar-refractivity contribution in [1.29, 1.82) is 0 Å². The Kier molecular flexibility index (Phi) is 4.80. The first kappa shape index (κ1) is 15.4. The molecule has 1 amide bonds. The van der Waals surface area contributed by atoms with Gasteiger partial charge in [-0.05, 0) is 37.0 Å². The lowest BCUT2D eigenvalue weighted by molar-refractivity contribution is 0.0949. The van der Waals surface area contributed by atoms with Crippen molar-refractivity contribution in [2.75, 3.05) is 24.5 Å². The molecule has 23 heavy (non-hydrogen) atoms. The van der Waals surface area contributed by atoms with Gasteiger partial charge in [-0.2, -0.15) is 0 Å². The van der Waals surface area contributed by atoms with Crippen LogP contribution in [-0.2, 0) is 6.42 Å². The summed E-state index contributed by atoms with van der Waals surface area (Å²) in [7, 11) is 0. The second-order valence-corrected chi connectivity index (χ2v) is 5.59. The molecule has 0 saturated carbocycles. The third kappa shape index (κ3) is 4.03. The lowest BCUT2D eigenvalue weighted by Crippen LogP contribution is -2.27. The average Bonchev–Trinajstić information content (AvgIpc) is 3.11. The van der Waals surface area contributed by atoms with Gasteiger partial charge >= 0.3 is 0 Å². The monoisotopic (exact) mass is 314 g/mol. The minimum Gasteiger partial charge on any atom is -0.355 e. The van der Waals surface area contributed by atoms with Gasteiger partial charge in [-0.25, -0.2) is 14.4 Å². The summed E-state index contributed by atoms with van der Waals surface area (Å²) in [6.45, 7) is 2.47. The number of carbonyl (C=O) groups is 1. The number of nitrogens with zero attached hydrogens (tertiary/aromatic N) is 3. The van der Waals surface area contributed by atoms with Gasteiger partial charge in [-0.15, -0.1) is 0 Å². The van der Waals surface area contributed by atoms with Crippen LogP contribution in [0, 0.1) is 5.82 Å². The fourth-order valence-electron chi connectivity index (χ4n) is 2.61. The Morgan fingerprint density at radius 2 is 1.87 bits per heavy atom. The third-order valence-electron chi connectivity index (χ3n) is 3.91. The molecule has 0 spiro atoms. The Bertz CT molecular complexity index is 651. The van der Waals surface area contributed by atoms with Crippen LogP contribution < -0.4 is 10.2 Å². The molecule has 5 nitrogen and oxygen atoms in total. The van der Waals surface area contributed by atoms with Crippen LogP contribution in [-0.4, -0.2) is 35.5 Å². The molecule has 0 unspecified atom stereocenters. The van der Waals surface area contributed by atoms with Crippen LogP contribution in [0.4, 0.5) is 10.2 Å². The maximum atomic E-state index is 12.8. The van der Waals surface area contributed by atoms with Crippen molar-refractivity contribution in [2.45, 2.75) is 19.3 Å². The van der Waals surface area contributed by atoms with E-state index in [0.717, 1.165) is 24.5 Å². The molecule has 1 saturated heterocycles. The Morgan fingerprint density at radius 3 is 2.52 bits per heavy atom. The number of aromatic nitrogens is 2. The van der Waals surface area contributed by atoms with Crippen molar-refractivity contribution in [3.05, 3.63) is 53.7 Å². The van der Waals surface area contributed by atoms with E-state index in [1.807, 2.05) is 0 Å². The highest BCUT2D eigenvalue weighted by Crippen LogP contribution is 2.16. The molecular weight excluding hydrogens is 295 g/mol. The van der Waals surface area contributed by atoms with Crippen molar-refractivity contribution in [2.24, 2.45) is 0 Å². The maximum Gasteiger partial charge on any atom is 0.271 e. The topological polar surface area (TPSA) is 58.1 Å². The zero-order valence-corrected chi connectivity index (χ0v) is 12.8. The first-order valence-electron chi connectivity index (χ1n) is 7.82. The molecule has 3 rings (SSSR count). The molecule has 6 heteroatoms. The van der Waals surface area contributed by atoms with Gasteiger partial charge in [0.05, 0.1) is 12.4 Å². The van der Waals surface area contributed by atoms with Gasteiger partial charge in [0.25, 0.3) is 5.91 Å². The van der Waals surface area contributed by atoms with E-state index >= 15 is 0 Å². The molecule has 1 fully saturated rings. The number of halogens is 1. The van der Waals surface area contributed by atoms with Crippen LogP contribution in [0.2, 0.25) is 0 Å². The van der Waals surface area contributed by atoms with Gasteiger partial charge in [-0.1, -0.05) is 12.1 Å². The molecule has 1 aromatic carbocycles. The van der Waals surface area contributed by atoms with Gasteiger partial charge in [0.1, 0.15) is 17.3 Å². The molecule has 1 N–H and O–H groups in total. The summed E-state index contributed by atoms with van der Waals surface area (Å²) in [6, 6.07) is 6.26. The number of benzene rings is 1. The van der Waals surface area contributed by atoms with Crippen molar-refractivity contribution >= 4 is 11.7 Å². The van der Waals surface area contributed by atoms with E-state index in [2.05, 4.69) is 20.2 Å². The number of rotatable bonds is 5. The molecule has 0 radical (unpaired) electrons. The van der Waals surface area contributed by atoms with Crippen LogP contribution in [0.15, 0.2) is 36.7 Å². The largest absolute Gasteiger partial charge is 0.355 e. The lowest BCUT2D eigenvalue weighted by atomic mass is 10.1. The minimum absolute atomic E-state index is 0.243. The second-order valence-electron chi connectivity index (χ2n) is 5.59. The highest BCUT2D eigenvalue weighted by Gasteiger charge is 2.15. The quantitative estimate of drug-likeness (QED) is 0.919. The van der Waals surface area contributed by atoms with Gasteiger partial charge in [0, 0.05) is 19.6 Å². The fraction of sp³-hybridized carbons (Fsp3) is 0.353. The van der Waals surface area contributed by atoms with E-state index in [9.17, 15) is 9.18 Å². The predicted molar refractivity (Wildman–Crippen MR) is 85.9 cm³/mol. The van der Waals surface area contributed by atoms with Crippen molar-refractivity contribution < 1.29 is 9.18 Å². The van der Waals surface area contributed by atoms with E-state index in [1.165, 1.54) is 31.2 Å². The Morgan fingerprint density at radius 1 is 1.13 bits per heavy atom. The zero-order valence-electron chi connectivity index (χ0n) is 12.8. The van der Waals surface area contributed by atoms with Crippen LogP contribution in [0.25, 0.3) is 0 Å².